The summed E-state index contributed by atoms with van der Waals surface area (Å²) in [4.78, 5) is 25.6. The van der Waals surface area contributed by atoms with Gasteiger partial charge < -0.3 is 0 Å². The minimum atomic E-state index is -0.169. The molecule has 0 aliphatic heterocycles. The molecule has 0 saturated heterocycles. The number of rotatable bonds is 1. The number of hydrogen-bond acceptors (Lipinski definition) is 6. The second-order valence-electron chi connectivity index (χ2n) is 4.13. The van der Waals surface area contributed by atoms with Gasteiger partial charge in [-0.15, -0.1) is 5.10 Å². The Bertz CT molecular complexity index is 976. The number of nitrogens with zero attached hydrogens (tertiary/aromatic N) is 5. The first-order chi connectivity index (χ1) is 9.83. The standard InChI is InChI=1S/C13H7N5OS/c19-12-8-3-1-2-4-9(8)16-13-18(12)17-11(20-13)10-7-14-5-6-15-10/h1-7H. The molecule has 0 aliphatic carbocycles. The Balaban J connectivity index is 2.07. The highest BCUT2D eigenvalue weighted by Gasteiger charge is 2.12. The molecule has 1 aromatic carbocycles. The van der Waals surface area contributed by atoms with Crippen LogP contribution in [0.15, 0.2) is 47.7 Å². The summed E-state index contributed by atoms with van der Waals surface area (Å²) < 4.78 is 1.32. The van der Waals surface area contributed by atoms with E-state index in [1.807, 2.05) is 18.2 Å². The van der Waals surface area contributed by atoms with E-state index in [9.17, 15) is 4.79 Å². The van der Waals surface area contributed by atoms with Gasteiger partial charge in [0.2, 0.25) is 4.96 Å². The van der Waals surface area contributed by atoms with Crippen LogP contribution >= 0.6 is 11.3 Å². The Morgan fingerprint density at radius 3 is 2.90 bits per heavy atom. The third kappa shape index (κ3) is 1.60. The van der Waals surface area contributed by atoms with Crippen LogP contribution in [0.1, 0.15) is 0 Å². The largest absolute Gasteiger partial charge is 0.283 e. The Morgan fingerprint density at radius 1 is 1.15 bits per heavy atom. The second kappa shape index (κ2) is 4.17. The molecule has 6 nitrogen and oxygen atoms in total. The fourth-order valence-electron chi connectivity index (χ4n) is 1.97. The Hall–Kier alpha value is -2.67. The molecule has 0 unspecified atom stereocenters. The van der Waals surface area contributed by atoms with Crippen molar-refractivity contribution in [1.82, 2.24) is 24.6 Å². The van der Waals surface area contributed by atoms with Gasteiger partial charge in [0.25, 0.3) is 5.56 Å². The second-order valence-corrected chi connectivity index (χ2v) is 5.08. The summed E-state index contributed by atoms with van der Waals surface area (Å²) in [6.07, 6.45) is 4.80. The summed E-state index contributed by atoms with van der Waals surface area (Å²) in [5.74, 6) is 0. The molecule has 20 heavy (non-hydrogen) atoms. The van der Waals surface area contributed by atoms with Gasteiger partial charge in [-0.05, 0) is 12.1 Å². The van der Waals surface area contributed by atoms with Crippen LogP contribution in [0.5, 0.6) is 0 Å². The molecular weight excluding hydrogens is 274 g/mol. The monoisotopic (exact) mass is 281 g/mol. The molecule has 0 spiro atoms. The minimum Gasteiger partial charge on any atom is -0.267 e. The van der Waals surface area contributed by atoms with Crippen molar-refractivity contribution >= 4 is 27.2 Å². The summed E-state index contributed by atoms with van der Waals surface area (Å²) in [6, 6.07) is 7.24. The summed E-state index contributed by atoms with van der Waals surface area (Å²) in [7, 11) is 0. The van der Waals surface area contributed by atoms with E-state index in [0.29, 0.717) is 26.6 Å². The summed E-state index contributed by atoms with van der Waals surface area (Å²) in [6.45, 7) is 0. The number of para-hydroxylation sites is 1. The van der Waals surface area contributed by atoms with Crippen molar-refractivity contribution in [2.75, 3.05) is 0 Å². The zero-order chi connectivity index (χ0) is 13.5. The summed E-state index contributed by atoms with van der Waals surface area (Å²) in [5, 5.41) is 5.47. The maximum atomic E-state index is 12.4. The lowest BCUT2D eigenvalue weighted by atomic mass is 10.2. The van der Waals surface area contributed by atoms with Crippen LogP contribution in [0.4, 0.5) is 0 Å². The molecule has 3 aromatic heterocycles. The number of benzene rings is 1. The third-order valence-corrected chi connectivity index (χ3v) is 3.82. The third-order valence-electron chi connectivity index (χ3n) is 2.89. The molecule has 0 saturated carbocycles. The van der Waals surface area contributed by atoms with Crippen LogP contribution in [0.3, 0.4) is 0 Å². The van der Waals surface area contributed by atoms with E-state index < -0.39 is 0 Å². The highest BCUT2D eigenvalue weighted by Crippen LogP contribution is 2.22. The van der Waals surface area contributed by atoms with Crippen LogP contribution in [0.25, 0.3) is 26.6 Å². The van der Waals surface area contributed by atoms with Crippen LogP contribution in [-0.2, 0) is 0 Å². The smallest absolute Gasteiger partial charge is 0.267 e. The van der Waals surface area contributed by atoms with E-state index >= 15 is 0 Å². The molecule has 0 N–H and O–H groups in total. The molecule has 3 heterocycles. The van der Waals surface area contributed by atoms with Gasteiger partial charge in [-0.2, -0.15) is 4.52 Å². The molecule has 0 aliphatic rings. The lowest BCUT2D eigenvalue weighted by molar-refractivity contribution is 0.916. The van der Waals surface area contributed by atoms with E-state index in [1.165, 1.54) is 15.9 Å². The average Bonchev–Trinajstić information content (AvgIpc) is 2.93. The lowest BCUT2D eigenvalue weighted by Crippen LogP contribution is -2.15. The first-order valence-electron chi connectivity index (χ1n) is 5.88. The maximum absolute atomic E-state index is 12.4. The highest BCUT2D eigenvalue weighted by atomic mass is 32.1. The van der Waals surface area contributed by atoms with Crippen LogP contribution < -0.4 is 5.56 Å². The molecule has 0 bridgehead atoms. The maximum Gasteiger partial charge on any atom is 0.283 e. The molecule has 96 valence electrons. The topological polar surface area (TPSA) is 73.0 Å². The predicted molar refractivity (Wildman–Crippen MR) is 75.7 cm³/mol. The zero-order valence-corrected chi connectivity index (χ0v) is 10.9. The molecule has 7 heteroatoms. The first-order valence-corrected chi connectivity index (χ1v) is 6.69. The van der Waals surface area contributed by atoms with Crippen LogP contribution in [-0.4, -0.2) is 24.6 Å². The van der Waals surface area contributed by atoms with Gasteiger partial charge in [0.05, 0.1) is 17.1 Å². The van der Waals surface area contributed by atoms with Gasteiger partial charge in [-0.1, -0.05) is 23.5 Å². The summed E-state index contributed by atoms with van der Waals surface area (Å²) in [5.41, 5.74) is 1.13. The number of aromatic nitrogens is 5. The van der Waals surface area contributed by atoms with Crippen molar-refractivity contribution in [2.45, 2.75) is 0 Å². The van der Waals surface area contributed by atoms with Gasteiger partial charge in [0, 0.05) is 12.4 Å². The molecular formula is C13H7N5OS. The normalized spacial score (nSPS) is 11.2. The predicted octanol–water partition coefficient (Wildman–Crippen LogP) is 1.76. The quantitative estimate of drug-likeness (QED) is 0.531. The minimum absolute atomic E-state index is 0.169. The van der Waals surface area contributed by atoms with Crippen molar-refractivity contribution in [3.63, 3.8) is 0 Å². The van der Waals surface area contributed by atoms with Crippen molar-refractivity contribution in [3.05, 3.63) is 53.2 Å². The Morgan fingerprint density at radius 2 is 2.05 bits per heavy atom. The number of hydrogen-bond donors (Lipinski definition) is 0. The van der Waals surface area contributed by atoms with E-state index in [4.69, 9.17) is 0 Å². The highest BCUT2D eigenvalue weighted by molar-refractivity contribution is 7.19. The van der Waals surface area contributed by atoms with E-state index in [1.54, 1.807) is 24.7 Å². The SMILES string of the molecule is O=c1c2ccccc2nc2sc(-c3cnccn3)nn12. The molecule has 0 radical (unpaired) electrons. The van der Waals surface area contributed by atoms with Crippen molar-refractivity contribution in [2.24, 2.45) is 0 Å². The lowest BCUT2D eigenvalue weighted by Gasteiger charge is -1.95. The van der Waals surface area contributed by atoms with Crippen molar-refractivity contribution < 1.29 is 0 Å². The fraction of sp³-hybridized carbons (Fsp3) is 0. The van der Waals surface area contributed by atoms with Gasteiger partial charge in [0.1, 0.15) is 5.69 Å². The number of fused-ring (bicyclic) bond motifs is 2. The molecule has 0 fully saturated rings. The van der Waals surface area contributed by atoms with Gasteiger partial charge in [0.15, 0.2) is 5.01 Å². The fourth-order valence-corrected chi connectivity index (χ4v) is 2.83. The zero-order valence-electron chi connectivity index (χ0n) is 10.1. The van der Waals surface area contributed by atoms with Crippen LogP contribution in [0.2, 0.25) is 0 Å². The van der Waals surface area contributed by atoms with Gasteiger partial charge >= 0.3 is 0 Å². The average molecular weight is 281 g/mol. The Kier molecular flexibility index (Phi) is 2.33. The van der Waals surface area contributed by atoms with Gasteiger partial charge in [-0.25, -0.2) is 4.98 Å². The molecule has 0 atom stereocenters. The molecule has 4 rings (SSSR count). The van der Waals surface area contributed by atoms with E-state index in [2.05, 4.69) is 20.1 Å². The van der Waals surface area contributed by atoms with E-state index in [0.717, 1.165) is 0 Å². The van der Waals surface area contributed by atoms with Gasteiger partial charge in [-0.3, -0.25) is 14.8 Å². The van der Waals surface area contributed by atoms with Crippen molar-refractivity contribution in [1.29, 1.82) is 0 Å². The molecule has 0 amide bonds. The first kappa shape index (κ1) is 11.2. The van der Waals surface area contributed by atoms with E-state index in [-0.39, 0.29) is 5.56 Å². The van der Waals surface area contributed by atoms with Crippen LogP contribution in [0, 0.1) is 0 Å². The summed E-state index contributed by atoms with van der Waals surface area (Å²) >= 11 is 1.32. The molecule has 4 aromatic rings. The van der Waals surface area contributed by atoms with Crippen molar-refractivity contribution in [3.8, 4) is 10.7 Å². The Labute approximate surface area is 116 Å².